The van der Waals surface area contributed by atoms with E-state index in [9.17, 15) is 75.9 Å². The van der Waals surface area contributed by atoms with Crippen LogP contribution in [0.5, 0.6) is 0 Å². The topological polar surface area (TPSA) is 413 Å². The minimum absolute atomic E-state index is 0. The standard InChI is InChI=1S/C37H39Br2NO8S4.2C19H22BrNO4S2.C19H21BrNOS.C2H6.5Na.O3S.Pt/c1-36(2,22-32(38)25-7-17-30(18-8-25)51(43,44)45)34(41)21-24-5-13-28(14-6-24)49-50-29-15-11-27(12-16-29)40-35(42)37(3,4)23-33(39)26-9-19-31(20-10-26)52(46,47)48;2*1-19(2,18(22)21-14-6-8-15(26-3)9-7-14)12-17(20)13-4-10-16(11-5-13)27(23,24)25;1-19(2,13-17(20)14-7-5-4-6-8-14)18(22)21-15-9-11-16(23-3)12-10-15;1-2;;;;;;1-4(2)3;/h5-20,32-33H,21-23H2,1-4H3,(H,40,42)(H,43,44,45)(H,46,47,48);2*4-11,17H,12H2,1-3H3,(H,21,22)(H,23,24,25);5-12,17H,13H2,1-3H3,(H,21,22);1-2H3;;;;;;;/q;;;-1;;5*+1;;/p-4. The van der Waals surface area contributed by atoms with Gasteiger partial charge in [-0.15, -0.1) is 53.5 Å². The van der Waals surface area contributed by atoms with Crippen LogP contribution < -0.4 is 169 Å². The summed E-state index contributed by atoms with van der Waals surface area (Å²) in [5, 5.41) is 11.8. The van der Waals surface area contributed by atoms with Gasteiger partial charge in [0.2, 0.25) is 23.6 Å². The zero-order valence-corrected chi connectivity index (χ0v) is 110. The Morgan fingerprint density at radius 3 is 0.681 bits per heavy atom. The van der Waals surface area contributed by atoms with Gasteiger partial charge in [0.1, 0.15) is 46.3 Å². The largest absolute Gasteiger partial charge is 1.00 e. The van der Waals surface area contributed by atoms with Gasteiger partial charge in [-0.25, -0.2) is 33.7 Å². The molecule has 5 atom stereocenters. The molecule has 0 bridgehead atoms. The van der Waals surface area contributed by atoms with Gasteiger partial charge in [0.15, 0.2) is 0 Å². The van der Waals surface area contributed by atoms with E-state index in [2.05, 4.69) is 107 Å². The van der Waals surface area contributed by atoms with E-state index >= 15 is 0 Å². The van der Waals surface area contributed by atoms with Crippen LogP contribution in [0, 0.1) is 33.1 Å². The third-order valence-corrected chi connectivity index (χ3v) is 32.9. The molecule has 141 heavy (non-hydrogen) atoms. The zero-order valence-electron chi connectivity index (χ0n) is 81.7. The van der Waals surface area contributed by atoms with Crippen LogP contribution in [0.25, 0.3) is 0 Å². The van der Waals surface area contributed by atoms with Crippen LogP contribution in [0.15, 0.2) is 287 Å². The molecule has 0 aliphatic carbocycles. The molecule has 0 spiro atoms. The molecule has 5 unspecified atom stereocenters. The van der Waals surface area contributed by atoms with Crippen molar-refractivity contribution in [3.05, 3.63) is 282 Å². The summed E-state index contributed by atoms with van der Waals surface area (Å²) in [4.78, 5) is 68.1. The van der Waals surface area contributed by atoms with Crippen molar-refractivity contribution in [3.8, 4) is 0 Å². The Balaban J connectivity index is 0. The maximum atomic E-state index is 13.3. The normalized spacial score (nSPS) is 12.4. The smallest absolute Gasteiger partial charge is 0.744 e. The first-order valence-electron chi connectivity index (χ1n) is 41.3. The molecule has 10 rings (SSSR count). The van der Waals surface area contributed by atoms with E-state index in [1.54, 1.807) is 105 Å². The summed E-state index contributed by atoms with van der Waals surface area (Å²) >= 11 is 23.0. The molecule has 10 aromatic rings. The number of benzene rings is 10. The summed E-state index contributed by atoms with van der Waals surface area (Å²) in [6.45, 7) is 22.8. The van der Waals surface area contributed by atoms with Crippen molar-refractivity contribution in [1.29, 1.82) is 0 Å². The SMILES string of the molecule is CC.CC(C)(CC(Br)c1ccc(S(=O)(=O)[O-])cc1)C(=O)Cc1ccc(SSc2ccc(NC(=O)C(C)(C)CC(Br)c3ccc(S(=O)(=O)[O-])cc3)cc2)cc1.CSc1ccc(NC(=O)C(C)(C)CC(Br)c2cc[c-]cc2)cc1.CSc1ccc(NC(=O)C(C)(C)CC(Br)c2ccc(S(=O)(=O)[O-])cc2)cc1.CSc1ccc(NC(=O)C(C)(C)CC(Br)c2ccc(S(=O)(=O)[O-])cc2)cc1.O=S(=O)=O.[Na+].[Na+].[Na+].[Na+].[Na+].[Pt]. The molecule has 10 aromatic carbocycles. The van der Waals surface area contributed by atoms with Crippen LogP contribution in [0.2, 0.25) is 0 Å². The van der Waals surface area contributed by atoms with Gasteiger partial charge in [0.05, 0.1) is 19.6 Å². The summed E-state index contributed by atoms with van der Waals surface area (Å²) in [5.74, 6) is -0.295. The Morgan fingerprint density at radius 1 is 0.312 bits per heavy atom. The number of anilines is 4. The Kier molecular flexibility index (Phi) is 67.1. The van der Waals surface area contributed by atoms with Crippen molar-refractivity contribution in [3.63, 3.8) is 0 Å². The molecule has 0 saturated carbocycles. The summed E-state index contributed by atoms with van der Waals surface area (Å²) in [6.07, 6.45) is 8.88. The maximum absolute atomic E-state index is 13.3. The predicted octanol–water partition coefficient (Wildman–Crippen LogP) is 9.80. The molecule has 0 radical (unpaired) electrons. The van der Waals surface area contributed by atoms with Gasteiger partial charge in [-0.3, -0.25) is 24.0 Å². The predicted molar refractivity (Wildman–Crippen MR) is 557 cm³/mol. The number of amides is 4. The van der Waals surface area contributed by atoms with E-state index in [0.29, 0.717) is 37.8 Å². The first kappa shape index (κ1) is 142. The minimum atomic E-state index is -4.53. The van der Waals surface area contributed by atoms with Crippen LogP contribution >= 0.6 is 137 Å². The van der Waals surface area contributed by atoms with E-state index in [1.165, 1.54) is 53.4 Å². The van der Waals surface area contributed by atoms with E-state index in [-0.39, 0.29) is 248 Å². The van der Waals surface area contributed by atoms with Crippen LogP contribution in [-0.4, -0.2) is 113 Å². The van der Waals surface area contributed by atoms with Crippen LogP contribution in [0.3, 0.4) is 0 Å². The molecule has 0 aromatic heterocycles. The van der Waals surface area contributed by atoms with E-state index in [0.717, 1.165) is 70.0 Å². The van der Waals surface area contributed by atoms with E-state index < -0.39 is 78.2 Å². The van der Waals surface area contributed by atoms with E-state index in [4.69, 9.17) is 12.6 Å². The molecule has 24 nitrogen and oxygen atoms in total. The molecule has 4 amide bonds. The number of Topliss-reactive ketones (excluding diaryl/α,β-unsaturated/α-hetero) is 1. The number of alkyl halides is 5. The molecule has 0 heterocycles. The fourth-order valence-electron chi connectivity index (χ4n) is 12.3. The monoisotopic (exact) mass is 2660 g/mol. The molecule has 4 N–H and O–H groups in total. The van der Waals surface area contributed by atoms with Gasteiger partial charge in [0, 0.05) is 126 Å². The number of nitrogens with one attached hydrogen (secondary N) is 4. The second-order valence-electron chi connectivity index (χ2n) is 33.3. The fraction of sp³-hybridized carbons (Fsp3) is 0.323. The molecule has 0 aliphatic rings. The van der Waals surface area contributed by atoms with Crippen molar-refractivity contribution in [2.45, 2.75) is 190 Å². The molecule has 0 aliphatic heterocycles. The van der Waals surface area contributed by atoms with Gasteiger partial charge >= 0.3 is 158 Å². The maximum Gasteiger partial charge on any atom is 1.00 e. The van der Waals surface area contributed by atoms with Gasteiger partial charge < -0.3 is 39.5 Å². The van der Waals surface area contributed by atoms with E-state index in [1.807, 2.05) is 247 Å². The van der Waals surface area contributed by atoms with Gasteiger partial charge in [-0.05, 0) is 236 Å². The minimum Gasteiger partial charge on any atom is -0.744 e. The number of rotatable bonds is 36. The Bertz CT molecular complexity index is 5900. The number of hydrogen-bond acceptors (Lipinski definition) is 25. The first-order valence-corrected chi connectivity index (χ1v) is 58.3. The molecule has 45 heteroatoms. The molecule has 740 valence electrons. The second kappa shape index (κ2) is 66.7. The summed E-state index contributed by atoms with van der Waals surface area (Å²) in [5.41, 5.74) is 4.89. The van der Waals surface area contributed by atoms with Gasteiger partial charge in [-0.1, -0.05) is 245 Å². The number of ketones is 1. The molecular formula is C96H106Br5N4Na5O20PtS10. The van der Waals surface area contributed by atoms with Crippen molar-refractivity contribution in [2.75, 3.05) is 40.0 Å². The number of carbonyl (C=O) groups is 5. The van der Waals surface area contributed by atoms with Gasteiger partial charge in [0.25, 0.3) is 0 Å². The average Bonchev–Trinajstić information content (AvgIpc) is 0.830. The summed E-state index contributed by atoms with van der Waals surface area (Å²) in [7, 11) is -18.0. The van der Waals surface area contributed by atoms with Crippen molar-refractivity contribution >= 4 is 240 Å². The molecule has 0 fully saturated rings. The van der Waals surface area contributed by atoms with Crippen molar-refractivity contribution in [1.82, 2.24) is 0 Å². The number of carbonyl (C=O) groups excluding carboxylic acids is 5. The molecule has 0 saturated heterocycles. The summed E-state index contributed by atoms with van der Waals surface area (Å²) < 4.78 is 159. The Labute approximate surface area is 1020 Å². The quantitative estimate of drug-likeness (QED) is 0.00708. The average molecular weight is 2670 g/mol. The third-order valence-electron chi connectivity index (χ3n) is 20.6. The van der Waals surface area contributed by atoms with Gasteiger partial charge in [-0.2, -0.15) is 30.3 Å². The third kappa shape index (κ3) is 50.5. The van der Waals surface area contributed by atoms with Crippen molar-refractivity contribution < 1.29 is 257 Å². The van der Waals surface area contributed by atoms with Crippen LogP contribution in [0.1, 0.15) is 173 Å². The Morgan fingerprint density at radius 2 is 0.489 bits per heavy atom. The Hall–Kier alpha value is -1.15. The number of halogens is 5. The zero-order chi connectivity index (χ0) is 101. The summed E-state index contributed by atoms with van der Waals surface area (Å²) in [6, 6.07) is 72.2. The van der Waals surface area contributed by atoms with Crippen LogP contribution in [0.4, 0.5) is 22.7 Å². The number of hydrogen-bond donors (Lipinski definition) is 4. The van der Waals surface area contributed by atoms with Crippen LogP contribution in [-0.2, 0) is 103 Å². The number of thioether (sulfide) groups is 3. The first-order chi connectivity index (χ1) is 62.8. The second-order valence-corrected chi connectivity index (χ2v) is 49.7. The fourth-order valence-corrected chi connectivity index (χ4v) is 22.9. The molecular weight excluding hydrogens is 2560 g/mol. The van der Waals surface area contributed by atoms with Crippen molar-refractivity contribution in [2.24, 2.45) is 27.1 Å².